The summed E-state index contributed by atoms with van der Waals surface area (Å²) in [5, 5.41) is 4.24. The average Bonchev–Trinajstić information content (AvgIpc) is 2.67. The van der Waals surface area contributed by atoms with E-state index in [-0.39, 0.29) is 0 Å². The lowest BCUT2D eigenvalue weighted by molar-refractivity contribution is 0.296. The smallest absolute Gasteiger partial charge is 0.165 e. The quantitative estimate of drug-likeness (QED) is 0.922. The van der Waals surface area contributed by atoms with Crippen molar-refractivity contribution in [1.82, 2.24) is 9.78 Å². The Morgan fingerprint density at radius 1 is 1.19 bits per heavy atom. The molecule has 1 aromatic carbocycles. The molecular formula is C16H21N3O2. The van der Waals surface area contributed by atoms with Gasteiger partial charge in [-0.15, -0.1) is 0 Å². The number of aromatic nitrogens is 2. The number of ether oxygens (including phenoxy) is 2. The lowest BCUT2D eigenvalue weighted by Gasteiger charge is -2.19. The number of hydrogen-bond donors (Lipinski definition) is 1. The summed E-state index contributed by atoms with van der Waals surface area (Å²) in [5.74, 6) is 2.63. The number of hydrogen-bond acceptors (Lipinski definition) is 4. The van der Waals surface area contributed by atoms with Crippen LogP contribution in [0, 0.1) is 0 Å². The van der Waals surface area contributed by atoms with Crippen LogP contribution in [0.1, 0.15) is 31.7 Å². The van der Waals surface area contributed by atoms with Crippen molar-refractivity contribution < 1.29 is 9.47 Å². The van der Waals surface area contributed by atoms with Crippen molar-refractivity contribution in [3.63, 3.8) is 0 Å². The van der Waals surface area contributed by atoms with E-state index in [4.69, 9.17) is 15.2 Å². The first kappa shape index (κ1) is 13.8. The van der Waals surface area contributed by atoms with E-state index >= 15 is 0 Å². The van der Waals surface area contributed by atoms with Crippen LogP contribution in [0.15, 0.2) is 18.3 Å². The molecule has 21 heavy (non-hydrogen) atoms. The molecule has 1 aromatic heterocycles. The number of nitrogen functional groups attached to an aromatic ring is 1. The first-order chi connectivity index (χ1) is 10.1. The van der Waals surface area contributed by atoms with Gasteiger partial charge in [0.25, 0.3) is 0 Å². The molecule has 0 aliphatic carbocycles. The fraction of sp³-hybridized carbons (Fsp3) is 0.438. The van der Waals surface area contributed by atoms with E-state index in [1.807, 2.05) is 13.1 Å². The maximum Gasteiger partial charge on any atom is 0.165 e. The standard InChI is InChI=1S/C16H21N3O2/c1-10(2)14-11(12-9-18-19(3)16(12)17)5-6-13-15(14)21-8-4-7-20-13/h5-6,9-10H,4,7-8,17H2,1-3H3. The molecule has 112 valence electrons. The van der Waals surface area contributed by atoms with Crippen LogP contribution in [-0.4, -0.2) is 23.0 Å². The SMILES string of the molecule is CC(C)c1c(-c2cnn(C)c2N)ccc2c1OCCCO2. The molecule has 0 spiro atoms. The zero-order valence-electron chi connectivity index (χ0n) is 12.7. The molecule has 2 heterocycles. The van der Waals surface area contributed by atoms with E-state index in [0.717, 1.165) is 34.6 Å². The predicted octanol–water partition coefficient (Wildman–Crippen LogP) is 2.95. The summed E-state index contributed by atoms with van der Waals surface area (Å²) in [6, 6.07) is 4.02. The molecule has 1 aliphatic heterocycles. The van der Waals surface area contributed by atoms with E-state index in [1.54, 1.807) is 10.9 Å². The molecule has 5 nitrogen and oxygen atoms in total. The van der Waals surface area contributed by atoms with Crippen molar-refractivity contribution >= 4 is 5.82 Å². The van der Waals surface area contributed by atoms with Gasteiger partial charge < -0.3 is 15.2 Å². The minimum atomic E-state index is 0.302. The summed E-state index contributed by atoms with van der Waals surface area (Å²) < 4.78 is 13.4. The van der Waals surface area contributed by atoms with Crippen molar-refractivity contribution in [3.05, 3.63) is 23.9 Å². The van der Waals surface area contributed by atoms with Crippen LogP contribution in [0.5, 0.6) is 11.5 Å². The maximum atomic E-state index is 6.14. The third-order valence-electron chi connectivity index (χ3n) is 3.80. The average molecular weight is 287 g/mol. The number of anilines is 1. The maximum absolute atomic E-state index is 6.14. The summed E-state index contributed by atoms with van der Waals surface area (Å²) in [6.07, 6.45) is 2.71. The van der Waals surface area contributed by atoms with Crippen molar-refractivity contribution in [2.24, 2.45) is 7.05 Å². The van der Waals surface area contributed by atoms with Crippen molar-refractivity contribution in [2.45, 2.75) is 26.2 Å². The van der Waals surface area contributed by atoms with Gasteiger partial charge in [0.1, 0.15) is 5.82 Å². The van der Waals surface area contributed by atoms with Gasteiger partial charge in [0.15, 0.2) is 11.5 Å². The molecule has 0 saturated carbocycles. The second kappa shape index (κ2) is 5.31. The molecule has 5 heteroatoms. The fourth-order valence-corrected chi connectivity index (χ4v) is 2.72. The molecule has 2 N–H and O–H groups in total. The highest BCUT2D eigenvalue weighted by Crippen LogP contribution is 2.44. The second-order valence-electron chi connectivity index (χ2n) is 5.63. The lowest BCUT2D eigenvalue weighted by Crippen LogP contribution is -2.03. The Labute approximate surface area is 124 Å². The molecule has 0 amide bonds. The van der Waals surface area contributed by atoms with E-state index in [9.17, 15) is 0 Å². The van der Waals surface area contributed by atoms with Crippen molar-refractivity contribution in [3.8, 4) is 22.6 Å². The van der Waals surface area contributed by atoms with E-state index in [1.165, 1.54) is 0 Å². The minimum Gasteiger partial charge on any atom is -0.490 e. The monoisotopic (exact) mass is 287 g/mol. The van der Waals surface area contributed by atoms with Crippen LogP contribution in [0.4, 0.5) is 5.82 Å². The van der Waals surface area contributed by atoms with Crippen molar-refractivity contribution in [2.75, 3.05) is 18.9 Å². The van der Waals surface area contributed by atoms with E-state index in [2.05, 4.69) is 25.0 Å². The zero-order chi connectivity index (χ0) is 15.0. The molecule has 0 saturated heterocycles. The van der Waals surface area contributed by atoms with Gasteiger partial charge in [-0.25, -0.2) is 0 Å². The van der Waals surface area contributed by atoms with Crippen LogP contribution in [0.25, 0.3) is 11.1 Å². The highest BCUT2D eigenvalue weighted by Gasteiger charge is 2.23. The Kier molecular flexibility index (Phi) is 3.49. The van der Waals surface area contributed by atoms with Gasteiger partial charge in [0, 0.05) is 24.6 Å². The van der Waals surface area contributed by atoms with Crippen LogP contribution >= 0.6 is 0 Å². The van der Waals surface area contributed by atoms with Gasteiger partial charge in [-0.3, -0.25) is 4.68 Å². The summed E-state index contributed by atoms with van der Waals surface area (Å²) in [7, 11) is 1.84. The Hall–Kier alpha value is -2.17. The fourth-order valence-electron chi connectivity index (χ4n) is 2.72. The molecule has 0 bridgehead atoms. The number of fused-ring (bicyclic) bond motifs is 1. The van der Waals surface area contributed by atoms with E-state index < -0.39 is 0 Å². The van der Waals surface area contributed by atoms with Crippen LogP contribution in [0.3, 0.4) is 0 Å². The topological polar surface area (TPSA) is 62.3 Å². The van der Waals surface area contributed by atoms with Gasteiger partial charge >= 0.3 is 0 Å². The summed E-state index contributed by atoms with van der Waals surface area (Å²) in [5.41, 5.74) is 9.28. The highest BCUT2D eigenvalue weighted by atomic mass is 16.5. The molecule has 0 fully saturated rings. The molecule has 3 rings (SSSR count). The Bertz CT molecular complexity index is 662. The Morgan fingerprint density at radius 3 is 2.62 bits per heavy atom. The Morgan fingerprint density at radius 2 is 1.95 bits per heavy atom. The molecule has 0 radical (unpaired) electrons. The number of rotatable bonds is 2. The van der Waals surface area contributed by atoms with Gasteiger partial charge in [0.2, 0.25) is 0 Å². The van der Waals surface area contributed by atoms with Gasteiger partial charge in [-0.1, -0.05) is 13.8 Å². The molecular weight excluding hydrogens is 266 g/mol. The minimum absolute atomic E-state index is 0.302. The number of benzene rings is 1. The number of aryl methyl sites for hydroxylation is 1. The third kappa shape index (κ3) is 2.33. The first-order valence-electron chi connectivity index (χ1n) is 7.30. The normalized spacial score (nSPS) is 14.3. The molecule has 0 atom stereocenters. The van der Waals surface area contributed by atoms with Gasteiger partial charge in [-0.05, 0) is 23.6 Å². The molecule has 1 aliphatic rings. The second-order valence-corrected chi connectivity index (χ2v) is 5.63. The first-order valence-corrected chi connectivity index (χ1v) is 7.30. The summed E-state index contributed by atoms with van der Waals surface area (Å²) in [4.78, 5) is 0. The van der Waals surface area contributed by atoms with Gasteiger partial charge in [-0.2, -0.15) is 5.10 Å². The predicted molar refractivity (Wildman–Crippen MR) is 82.8 cm³/mol. The zero-order valence-corrected chi connectivity index (χ0v) is 12.7. The molecule has 2 aromatic rings. The lowest BCUT2D eigenvalue weighted by atomic mass is 9.92. The largest absolute Gasteiger partial charge is 0.490 e. The number of nitrogens with zero attached hydrogens (tertiary/aromatic N) is 2. The van der Waals surface area contributed by atoms with Crippen LogP contribution in [0.2, 0.25) is 0 Å². The third-order valence-corrected chi connectivity index (χ3v) is 3.80. The van der Waals surface area contributed by atoms with Crippen molar-refractivity contribution in [1.29, 1.82) is 0 Å². The summed E-state index contributed by atoms with van der Waals surface area (Å²) >= 11 is 0. The van der Waals surface area contributed by atoms with E-state index in [0.29, 0.717) is 24.9 Å². The van der Waals surface area contributed by atoms with Gasteiger partial charge in [0.05, 0.1) is 19.4 Å². The Balaban J connectivity index is 2.21. The van der Waals surface area contributed by atoms with Crippen LogP contribution < -0.4 is 15.2 Å². The van der Waals surface area contributed by atoms with Crippen LogP contribution in [-0.2, 0) is 7.05 Å². The highest BCUT2D eigenvalue weighted by molar-refractivity contribution is 5.79. The summed E-state index contributed by atoms with van der Waals surface area (Å²) in [6.45, 7) is 5.68. The number of nitrogens with two attached hydrogens (primary N) is 1. The molecule has 0 unspecified atom stereocenters.